The lowest BCUT2D eigenvalue weighted by Crippen LogP contribution is -2.24. The van der Waals surface area contributed by atoms with Crippen LogP contribution < -0.4 is 5.32 Å². The summed E-state index contributed by atoms with van der Waals surface area (Å²) in [6, 6.07) is 18.3. The summed E-state index contributed by atoms with van der Waals surface area (Å²) in [7, 11) is 0. The minimum absolute atomic E-state index is 0.386. The molecule has 1 heterocycles. The minimum atomic E-state index is 0.386. The molecule has 2 heteroatoms. The molecule has 0 aromatic heterocycles. The Morgan fingerprint density at radius 1 is 1.16 bits per heavy atom. The van der Waals surface area contributed by atoms with Gasteiger partial charge in [0.1, 0.15) is 0 Å². The Morgan fingerprint density at radius 3 is 2.84 bits per heavy atom. The zero-order valence-corrected chi connectivity index (χ0v) is 12.2. The highest BCUT2D eigenvalue weighted by Crippen LogP contribution is 2.38. The first kappa shape index (κ1) is 12.8. The van der Waals surface area contributed by atoms with E-state index in [1.165, 1.54) is 21.6 Å². The van der Waals surface area contributed by atoms with Gasteiger partial charge in [-0.2, -0.15) is 0 Å². The van der Waals surface area contributed by atoms with Gasteiger partial charge in [0.2, 0.25) is 0 Å². The normalized spacial score (nSPS) is 19.2. The smallest absolute Gasteiger partial charge is 0.0431 e. The van der Waals surface area contributed by atoms with Gasteiger partial charge in [0.25, 0.3) is 0 Å². The van der Waals surface area contributed by atoms with Gasteiger partial charge < -0.3 is 5.32 Å². The Hall–Kier alpha value is -1.25. The quantitative estimate of drug-likeness (QED) is 0.881. The number of nitrogens with one attached hydrogen (secondary N) is 1. The number of benzene rings is 2. The average Bonchev–Trinajstić information content (AvgIpc) is 2.82. The Balaban J connectivity index is 1.76. The molecular formula is C17H19NS. The summed E-state index contributed by atoms with van der Waals surface area (Å²) < 4.78 is 0. The predicted octanol–water partition coefficient (Wildman–Crippen LogP) is 4.49. The van der Waals surface area contributed by atoms with Crippen molar-refractivity contribution in [1.82, 2.24) is 5.32 Å². The molecule has 0 fully saturated rings. The van der Waals surface area contributed by atoms with Crippen LogP contribution >= 0.6 is 11.8 Å². The van der Waals surface area contributed by atoms with E-state index in [4.69, 9.17) is 0 Å². The van der Waals surface area contributed by atoms with Crippen molar-refractivity contribution in [2.75, 3.05) is 5.75 Å². The van der Waals surface area contributed by atoms with E-state index in [1.807, 2.05) is 11.8 Å². The van der Waals surface area contributed by atoms with E-state index in [1.54, 1.807) is 0 Å². The van der Waals surface area contributed by atoms with E-state index < -0.39 is 0 Å². The fourth-order valence-electron chi connectivity index (χ4n) is 2.64. The molecule has 98 valence electrons. The van der Waals surface area contributed by atoms with Crippen LogP contribution in [0.4, 0.5) is 0 Å². The first-order valence-electron chi connectivity index (χ1n) is 6.78. The Morgan fingerprint density at radius 2 is 2.00 bits per heavy atom. The molecule has 0 saturated heterocycles. The molecular weight excluding hydrogens is 250 g/mol. The molecule has 3 rings (SSSR count). The Kier molecular flexibility index (Phi) is 3.63. The van der Waals surface area contributed by atoms with Gasteiger partial charge >= 0.3 is 0 Å². The first-order chi connectivity index (χ1) is 9.24. The van der Waals surface area contributed by atoms with Gasteiger partial charge in [-0.25, -0.2) is 0 Å². The Labute approximate surface area is 119 Å². The largest absolute Gasteiger partial charge is 0.303 e. The van der Waals surface area contributed by atoms with Gasteiger partial charge in [-0.15, -0.1) is 11.8 Å². The van der Waals surface area contributed by atoms with Crippen molar-refractivity contribution in [3.8, 4) is 0 Å². The molecule has 0 amide bonds. The molecule has 2 aromatic carbocycles. The van der Waals surface area contributed by atoms with Crippen LogP contribution in [0.2, 0.25) is 0 Å². The van der Waals surface area contributed by atoms with Crippen LogP contribution in [0.1, 0.15) is 35.7 Å². The van der Waals surface area contributed by atoms with E-state index in [2.05, 4.69) is 67.7 Å². The molecule has 1 aliphatic heterocycles. The summed E-state index contributed by atoms with van der Waals surface area (Å²) in [4.78, 5) is 1.43. The maximum Gasteiger partial charge on any atom is 0.0431 e. The van der Waals surface area contributed by atoms with Crippen molar-refractivity contribution in [2.45, 2.75) is 30.8 Å². The fraction of sp³-hybridized carbons (Fsp3) is 0.294. The number of rotatable bonds is 3. The second-order valence-electron chi connectivity index (χ2n) is 5.20. The van der Waals surface area contributed by atoms with Crippen molar-refractivity contribution < 1.29 is 0 Å². The van der Waals surface area contributed by atoms with Crippen LogP contribution in [0, 0.1) is 6.92 Å². The molecule has 0 radical (unpaired) electrons. The summed E-state index contributed by atoms with van der Waals surface area (Å²) in [5.74, 6) is 1.13. The first-order valence-corrected chi connectivity index (χ1v) is 7.77. The van der Waals surface area contributed by atoms with Crippen LogP contribution in [0.25, 0.3) is 0 Å². The third kappa shape index (κ3) is 2.70. The van der Waals surface area contributed by atoms with Crippen molar-refractivity contribution in [3.63, 3.8) is 0 Å². The van der Waals surface area contributed by atoms with Gasteiger partial charge in [-0.3, -0.25) is 0 Å². The molecule has 1 unspecified atom stereocenters. The standard InChI is InChI=1S/C17H19NS/c1-12-6-5-7-14(10-12)13(2)18-16-11-19-17-9-4-3-8-15(16)17/h3-10,13,16,18H,11H2,1-2H3/t13-,16?/m0/s1. The maximum absolute atomic E-state index is 3.76. The summed E-state index contributed by atoms with van der Waals surface area (Å²) in [5.41, 5.74) is 4.15. The summed E-state index contributed by atoms with van der Waals surface area (Å²) in [6.45, 7) is 4.40. The van der Waals surface area contributed by atoms with Crippen molar-refractivity contribution in [2.24, 2.45) is 0 Å². The zero-order chi connectivity index (χ0) is 13.2. The topological polar surface area (TPSA) is 12.0 Å². The molecule has 0 aliphatic carbocycles. The van der Waals surface area contributed by atoms with Crippen LogP contribution in [0.3, 0.4) is 0 Å². The molecule has 19 heavy (non-hydrogen) atoms. The van der Waals surface area contributed by atoms with E-state index >= 15 is 0 Å². The summed E-state index contributed by atoms with van der Waals surface area (Å²) in [5, 5.41) is 3.76. The third-order valence-corrected chi connectivity index (χ3v) is 4.88. The molecule has 0 bridgehead atoms. The van der Waals surface area contributed by atoms with Crippen LogP contribution in [0.15, 0.2) is 53.4 Å². The van der Waals surface area contributed by atoms with Crippen LogP contribution in [-0.4, -0.2) is 5.75 Å². The molecule has 1 aliphatic rings. The highest BCUT2D eigenvalue weighted by Gasteiger charge is 2.23. The fourth-order valence-corrected chi connectivity index (χ4v) is 3.81. The SMILES string of the molecule is Cc1cccc([C@H](C)NC2CSc3ccccc32)c1. The third-order valence-electron chi connectivity index (χ3n) is 3.69. The predicted molar refractivity (Wildman–Crippen MR) is 82.6 cm³/mol. The highest BCUT2D eigenvalue weighted by molar-refractivity contribution is 7.99. The summed E-state index contributed by atoms with van der Waals surface area (Å²) >= 11 is 1.95. The monoisotopic (exact) mass is 269 g/mol. The van der Waals surface area contributed by atoms with Gasteiger partial charge in [0, 0.05) is 22.7 Å². The van der Waals surface area contributed by atoms with Gasteiger partial charge in [0.05, 0.1) is 0 Å². The Bertz CT molecular complexity index is 579. The van der Waals surface area contributed by atoms with E-state index in [-0.39, 0.29) is 0 Å². The van der Waals surface area contributed by atoms with E-state index in [0.29, 0.717) is 12.1 Å². The van der Waals surface area contributed by atoms with Gasteiger partial charge in [0.15, 0.2) is 0 Å². The lowest BCUT2D eigenvalue weighted by Gasteiger charge is -2.20. The van der Waals surface area contributed by atoms with E-state index in [0.717, 1.165) is 5.75 Å². The average molecular weight is 269 g/mol. The van der Waals surface area contributed by atoms with Gasteiger partial charge in [-0.1, -0.05) is 48.0 Å². The lowest BCUT2D eigenvalue weighted by atomic mass is 10.0. The van der Waals surface area contributed by atoms with Crippen molar-refractivity contribution in [3.05, 3.63) is 65.2 Å². The van der Waals surface area contributed by atoms with Crippen molar-refractivity contribution in [1.29, 1.82) is 0 Å². The van der Waals surface area contributed by atoms with Gasteiger partial charge in [-0.05, 0) is 31.0 Å². The number of fused-ring (bicyclic) bond motifs is 1. The molecule has 1 N–H and O–H groups in total. The highest BCUT2D eigenvalue weighted by atomic mass is 32.2. The molecule has 2 aromatic rings. The van der Waals surface area contributed by atoms with E-state index in [9.17, 15) is 0 Å². The molecule has 1 nitrogen and oxygen atoms in total. The van der Waals surface area contributed by atoms with Crippen LogP contribution in [0.5, 0.6) is 0 Å². The molecule has 2 atom stereocenters. The molecule has 0 spiro atoms. The number of hydrogen-bond acceptors (Lipinski definition) is 2. The zero-order valence-electron chi connectivity index (χ0n) is 11.4. The molecule has 0 saturated carbocycles. The maximum atomic E-state index is 3.76. The number of aryl methyl sites for hydroxylation is 1. The lowest BCUT2D eigenvalue weighted by molar-refractivity contribution is 0.501. The summed E-state index contributed by atoms with van der Waals surface area (Å²) in [6.07, 6.45) is 0. The van der Waals surface area contributed by atoms with Crippen LogP contribution in [-0.2, 0) is 0 Å². The number of hydrogen-bond donors (Lipinski definition) is 1. The minimum Gasteiger partial charge on any atom is -0.303 e. The number of thioether (sulfide) groups is 1. The second-order valence-corrected chi connectivity index (χ2v) is 6.27. The van der Waals surface area contributed by atoms with Crippen molar-refractivity contribution >= 4 is 11.8 Å². The second kappa shape index (κ2) is 5.40.